The molecule has 0 aromatic heterocycles. The molecule has 13 heavy (non-hydrogen) atoms. The number of allylic oxidation sites excluding steroid dienone is 2. The highest BCUT2D eigenvalue weighted by atomic mass is 16.1. The smallest absolute Gasteiger partial charge is 0.133 e. The van der Waals surface area contributed by atoms with Crippen molar-refractivity contribution in [3.63, 3.8) is 0 Å². The molecule has 1 aromatic rings. The van der Waals surface area contributed by atoms with Gasteiger partial charge in [-0.05, 0) is 25.0 Å². The third-order valence-corrected chi connectivity index (χ3v) is 1.92. The summed E-state index contributed by atoms with van der Waals surface area (Å²) in [6, 6.07) is 10.1. The minimum absolute atomic E-state index is 0.204. The molecule has 0 heterocycles. The Morgan fingerprint density at radius 3 is 2.38 bits per heavy atom. The van der Waals surface area contributed by atoms with Crippen LogP contribution in [0.5, 0.6) is 0 Å². The van der Waals surface area contributed by atoms with Gasteiger partial charge in [0.2, 0.25) is 0 Å². The number of Topliss-reactive ketones (excluding diaryl/α,β-unsaturated/α-hetero) is 1. The van der Waals surface area contributed by atoms with Crippen LogP contribution >= 0.6 is 0 Å². The molecule has 0 aliphatic carbocycles. The summed E-state index contributed by atoms with van der Waals surface area (Å²) < 4.78 is 0. The van der Waals surface area contributed by atoms with Gasteiger partial charge in [0.1, 0.15) is 5.78 Å². The minimum atomic E-state index is 0.204. The van der Waals surface area contributed by atoms with Crippen molar-refractivity contribution in [1.82, 2.24) is 0 Å². The van der Waals surface area contributed by atoms with Crippen LogP contribution in [0.15, 0.2) is 36.4 Å². The molecule has 1 heteroatoms. The highest BCUT2D eigenvalue weighted by molar-refractivity contribution is 5.79. The number of hydrogen-bond acceptors (Lipinski definition) is 1. The van der Waals surface area contributed by atoms with Crippen molar-refractivity contribution in [2.45, 2.75) is 20.3 Å². The van der Waals surface area contributed by atoms with Gasteiger partial charge >= 0.3 is 0 Å². The van der Waals surface area contributed by atoms with Gasteiger partial charge in [0, 0.05) is 6.42 Å². The van der Waals surface area contributed by atoms with Gasteiger partial charge in [0.15, 0.2) is 0 Å². The zero-order chi connectivity index (χ0) is 9.68. The van der Waals surface area contributed by atoms with Gasteiger partial charge < -0.3 is 0 Å². The number of benzene rings is 1. The van der Waals surface area contributed by atoms with Gasteiger partial charge in [-0.3, -0.25) is 4.79 Å². The Hall–Kier alpha value is -1.37. The first-order valence-electron chi connectivity index (χ1n) is 4.42. The van der Waals surface area contributed by atoms with Crippen LogP contribution in [-0.4, -0.2) is 5.78 Å². The molecule has 1 nitrogen and oxygen atoms in total. The largest absolute Gasteiger partial charge is 0.300 e. The van der Waals surface area contributed by atoms with Gasteiger partial charge in [-0.2, -0.15) is 0 Å². The lowest BCUT2D eigenvalue weighted by Gasteiger charge is -1.99. The normalized spacial score (nSPS) is 11.4. The third kappa shape index (κ3) is 3.24. The summed E-state index contributed by atoms with van der Waals surface area (Å²) in [6.07, 6.45) is 2.50. The van der Waals surface area contributed by atoms with Crippen LogP contribution in [0.3, 0.4) is 0 Å². The molecule has 0 unspecified atom stereocenters. The van der Waals surface area contributed by atoms with Gasteiger partial charge in [0.05, 0.1) is 0 Å². The number of carbonyl (C=O) groups is 1. The molecule has 1 aromatic carbocycles. The summed E-state index contributed by atoms with van der Waals surface area (Å²) in [5.41, 5.74) is 2.35. The van der Waals surface area contributed by atoms with E-state index in [0.717, 1.165) is 5.57 Å². The third-order valence-electron chi connectivity index (χ3n) is 1.92. The molecule has 1 rings (SSSR count). The van der Waals surface area contributed by atoms with Gasteiger partial charge in [-0.1, -0.05) is 36.4 Å². The predicted octanol–water partition coefficient (Wildman–Crippen LogP) is 3.07. The van der Waals surface area contributed by atoms with Crippen LogP contribution in [0.25, 0.3) is 5.57 Å². The highest BCUT2D eigenvalue weighted by Crippen LogP contribution is 2.13. The van der Waals surface area contributed by atoms with Gasteiger partial charge in [0.25, 0.3) is 0 Å². The molecule has 0 spiro atoms. The van der Waals surface area contributed by atoms with Crippen LogP contribution in [0, 0.1) is 0 Å². The van der Waals surface area contributed by atoms with E-state index in [2.05, 4.69) is 0 Å². The zero-order valence-electron chi connectivity index (χ0n) is 8.08. The van der Waals surface area contributed by atoms with Crippen molar-refractivity contribution in [1.29, 1.82) is 0 Å². The van der Waals surface area contributed by atoms with E-state index in [4.69, 9.17) is 0 Å². The second-order valence-corrected chi connectivity index (χ2v) is 3.16. The second kappa shape index (κ2) is 4.61. The summed E-state index contributed by atoms with van der Waals surface area (Å²) >= 11 is 0. The molecular formula is C12H14O. The molecule has 0 aliphatic heterocycles. The first kappa shape index (κ1) is 9.72. The lowest BCUT2D eigenvalue weighted by atomic mass is 10.1. The van der Waals surface area contributed by atoms with E-state index in [1.807, 2.05) is 43.3 Å². The summed E-state index contributed by atoms with van der Waals surface area (Å²) in [5, 5.41) is 0. The van der Waals surface area contributed by atoms with Crippen LogP contribution in [0.1, 0.15) is 25.8 Å². The molecule has 0 bridgehead atoms. The zero-order valence-corrected chi connectivity index (χ0v) is 8.08. The standard InChI is InChI=1S/C12H14O/c1-10(8-9-11(2)13)12-6-4-3-5-7-12/h3-8H,9H2,1-2H3/b10-8+. The monoisotopic (exact) mass is 174 g/mol. The van der Waals surface area contributed by atoms with Crippen LogP contribution < -0.4 is 0 Å². The minimum Gasteiger partial charge on any atom is -0.300 e. The van der Waals surface area contributed by atoms with E-state index < -0.39 is 0 Å². The number of carbonyl (C=O) groups excluding carboxylic acids is 1. The van der Waals surface area contributed by atoms with E-state index in [1.165, 1.54) is 5.56 Å². The Bertz CT molecular complexity index is 309. The molecule has 0 saturated heterocycles. The molecule has 0 radical (unpaired) electrons. The van der Waals surface area contributed by atoms with E-state index in [-0.39, 0.29) is 5.78 Å². The van der Waals surface area contributed by atoms with Crippen molar-refractivity contribution >= 4 is 11.4 Å². The molecule has 0 saturated carbocycles. The number of rotatable bonds is 3. The fraction of sp³-hybridized carbons (Fsp3) is 0.250. The fourth-order valence-electron chi connectivity index (χ4n) is 1.12. The van der Waals surface area contributed by atoms with Gasteiger partial charge in [-0.15, -0.1) is 0 Å². The Morgan fingerprint density at radius 2 is 1.85 bits per heavy atom. The van der Waals surface area contributed by atoms with Crippen LogP contribution in [0.2, 0.25) is 0 Å². The summed E-state index contributed by atoms with van der Waals surface area (Å²) in [5.74, 6) is 0.204. The van der Waals surface area contributed by atoms with Crippen molar-refractivity contribution in [2.75, 3.05) is 0 Å². The Labute approximate surface area is 79.1 Å². The quantitative estimate of drug-likeness (QED) is 0.688. The Kier molecular flexibility index (Phi) is 3.44. The topological polar surface area (TPSA) is 17.1 Å². The summed E-state index contributed by atoms with van der Waals surface area (Å²) in [6.45, 7) is 3.63. The maximum absolute atomic E-state index is 10.7. The fourth-order valence-corrected chi connectivity index (χ4v) is 1.12. The van der Waals surface area contributed by atoms with Crippen LogP contribution in [-0.2, 0) is 4.79 Å². The van der Waals surface area contributed by atoms with Crippen molar-refractivity contribution in [3.8, 4) is 0 Å². The first-order valence-corrected chi connectivity index (χ1v) is 4.42. The molecule has 0 fully saturated rings. The van der Waals surface area contributed by atoms with Crippen molar-refractivity contribution in [2.24, 2.45) is 0 Å². The van der Waals surface area contributed by atoms with Gasteiger partial charge in [-0.25, -0.2) is 0 Å². The average molecular weight is 174 g/mol. The first-order chi connectivity index (χ1) is 6.20. The second-order valence-electron chi connectivity index (χ2n) is 3.16. The van der Waals surface area contributed by atoms with Crippen LogP contribution in [0.4, 0.5) is 0 Å². The average Bonchev–Trinajstić information content (AvgIpc) is 2.15. The van der Waals surface area contributed by atoms with E-state index in [9.17, 15) is 4.79 Å². The Balaban J connectivity index is 2.73. The maximum atomic E-state index is 10.7. The Morgan fingerprint density at radius 1 is 1.23 bits per heavy atom. The molecular weight excluding hydrogens is 160 g/mol. The molecule has 0 aliphatic rings. The molecule has 0 N–H and O–H groups in total. The lowest BCUT2D eigenvalue weighted by molar-refractivity contribution is -0.116. The van der Waals surface area contributed by atoms with E-state index in [1.54, 1.807) is 6.92 Å². The predicted molar refractivity (Wildman–Crippen MR) is 55.4 cm³/mol. The molecule has 68 valence electrons. The van der Waals surface area contributed by atoms with Crippen molar-refractivity contribution < 1.29 is 4.79 Å². The molecule has 0 atom stereocenters. The maximum Gasteiger partial charge on any atom is 0.133 e. The molecule has 0 amide bonds. The lowest BCUT2D eigenvalue weighted by Crippen LogP contribution is -1.86. The number of hydrogen-bond donors (Lipinski definition) is 0. The number of ketones is 1. The van der Waals surface area contributed by atoms with E-state index in [0.29, 0.717) is 6.42 Å². The highest BCUT2D eigenvalue weighted by Gasteiger charge is 1.94. The summed E-state index contributed by atoms with van der Waals surface area (Å²) in [7, 11) is 0. The van der Waals surface area contributed by atoms with E-state index >= 15 is 0 Å². The summed E-state index contributed by atoms with van der Waals surface area (Å²) in [4.78, 5) is 10.7. The van der Waals surface area contributed by atoms with Crippen molar-refractivity contribution in [3.05, 3.63) is 42.0 Å². The SMILES string of the molecule is CC(=O)C/C=C(\C)c1ccccc1.